The van der Waals surface area contributed by atoms with E-state index in [0.717, 1.165) is 25.6 Å². The lowest BCUT2D eigenvalue weighted by atomic mass is 10.1. The van der Waals surface area contributed by atoms with E-state index in [1.165, 1.54) is 6.42 Å². The van der Waals surface area contributed by atoms with Gasteiger partial charge >= 0.3 is 0 Å². The van der Waals surface area contributed by atoms with Gasteiger partial charge in [-0.25, -0.2) is 0 Å². The fourth-order valence-corrected chi connectivity index (χ4v) is 1.26. The summed E-state index contributed by atoms with van der Waals surface area (Å²) in [6, 6.07) is 0. The first kappa shape index (κ1) is 12.6. The smallest absolute Gasteiger partial charge is 0.131 e. The lowest BCUT2D eigenvalue weighted by molar-refractivity contribution is -0.117. The highest BCUT2D eigenvalue weighted by molar-refractivity contribution is 5.75. The molecule has 78 valence electrons. The number of ketones is 1. The molecule has 0 amide bonds. The summed E-state index contributed by atoms with van der Waals surface area (Å²) in [4.78, 5) is 13.1. The first-order valence-corrected chi connectivity index (χ1v) is 5.31. The van der Waals surface area contributed by atoms with Gasteiger partial charge in [-0.2, -0.15) is 0 Å². The molecule has 0 aromatic carbocycles. The predicted molar refractivity (Wildman–Crippen MR) is 56.9 cm³/mol. The number of hydrogen-bond donors (Lipinski definition) is 0. The summed E-state index contributed by atoms with van der Waals surface area (Å²) in [7, 11) is 0. The standard InChI is InChI=1S/C11H23NO/c1-5-10(3)9-12(6-2)8-7-11(4)13/h10H,5-9H2,1-4H3. The van der Waals surface area contributed by atoms with Gasteiger partial charge in [-0.05, 0) is 19.4 Å². The van der Waals surface area contributed by atoms with E-state index in [-0.39, 0.29) is 0 Å². The molecule has 0 radical (unpaired) electrons. The van der Waals surface area contributed by atoms with Crippen LogP contribution in [0.1, 0.15) is 40.5 Å². The molecule has 0 aliphatic carbocycles. The van der Waals surface area contributed by atoms with Gasteiger partial charge in [-0.1, -0.05) is 27.2 Å². The third-order valence-corrected chi connectivity index (χ3v) is 2.49. The maximum atomic E-state index is 10.8. The molecule has 2 nitrogen and oxygen atoms in total. The molecule has 0 aromatic rings. The lowest BCUT2D eigenvalue weighted by Gasteiger charge is -2.22. The van der Waals surface area contributed by atoms with Crippen LogP contribution in [0.4, 0.5) is 0 Å². The Morgan fingerprint density at radius 3 is 2.38 bits per heavy atom. The monoisotopic (exact) mass is 185 g/mol. The zero-order valence-electron chi connectivity index (χ0n) is 9.47. The second-order valence-electron chi connectivity index (χ2n) is 3.86. The quantitative estimate of drug-likeness (QED) is 0.606. The molecule has 0 saturated heterocycles. The van der Waals surface area contributed by atoms with E-state index < -0.39 is 0 Å². The van der Waals surface area contributed by atoms with Crippen LogP contribution in [0.5, 0.6) is 0 Å². The molecule has 1 unspecified atom stereocenters. The number of Topliss-reactive ketones (excluding diaryl/α,β-unsaturated/α-hetero) is 1. The average Bonchev–Trinajstić information content (AvgIpc) is 2.11. The maximum Gasteiger partial charge on any atom is 0.131 e. The summed E-state index contributed by atoms with van der Waals surface area (Å²) < 4.78 is 0. The van der Waals surface area contributed by atoms with E-state index in [9.17, 15) is 4.79 Å². The molecule has 0 aliphatic rings. The molecule has 0 rings (SSSR count). The van der Waals surface area contributed by atoms with Crippen LogP contribution in [0.25, 0.3) is 0 Å². The molecule has 0 spiro atoms. The van der Waals surface area contributed by atoms with Crippen LogP contribution < -0.4 is 0 Å². The van der Waals surface area contributed by atoms with Crippen molar-refractivity contribution in [3.05, 3.63) is 0 Å². The van der Waals surface area contributed by atoms with Crippen molar-refractivity contribution in [2.24, 2.45) is 5.92 Å². The van der Waals surface area contributed by atoms with Gasteiger partial charge in [0.05, 0.1) is 0 Å². The first-order valence-electron chi connectivity index (χ1n) is 5.31. The molecule has 0 bridgehead atoms. The minimum Gasteiger partial charge on any atom is -0.303 e. The maximum absolute atomic E-state index is 10.8. The summed E-state index contributed by atoms with van der Waals surface area (Å²) in [5.74, 6) is 1.04. The van der Waals surface area contributed by atoms with Crippen molar-refractivity contribution in [3.63, 3.8) is 0 Å². The number of nitrogens with zero attached hydrogens (tertiary/aromatic N) is 1. The van der Waals surface area contributed by atoms with Crippen LogP contribution >= 0.6 is 0 Å². The molecule has 0 fully saturated rings. The van der Waals surface area contributed by atoms with Crippen molar-refractivity contribution in [2.75, 3.05) is 19.6 Å². The Morgan fingerprint density at radius 1 is 1.38 bits per heavy atom. The third-order valence-electron chi connectivity index (χ3n) is 2.49. The minimum absolute atomic E-state index is 0.294. The van der Waals surface area contributed by atoms with Crippen molar-refractivity contribution in [1.82, 2.24) is 4.90 Å². The Kier molecular flexibility index (Phi) is 6.87. The second-order valence-corrected chi connectivity index (χ2v) is 3.86. The highest BCUT2D eigenvalue weighted by Crippen LogP contribution is 2.04. The SMILES string of the molecule is CCC(C)CN(CC)CCC(C)=O. The van der Waals surface area contributed by atoms with Crippen molar-refractivity contribution in [1.29, 1.82) is 0 Å². The molecule has 0 saturated carbocycles. The van der Waals surface area contributed by atoms with Crippen molar-refractivity contribution < 1.29 is 4.79 Å². The largest absolute Gasteiger partial charge is 0.303 e. The lowest BCUT2D eigenvalue weighted by Crippen LogP contribution is -2.30. The predicted octanol–water partition coefficient (Wildman–Crippen LogP) is 2.33. The van der Waals surface area contributed by atoms with E-state index in [4.69, 9.17) is 0 Å². The van der Waals surface area contributed by atoms with Crippen LogP contribution in [0.3, 0.4) is 0 Å². The van der Waals surface area contributed by atoms with Gasteiger partial charge in [0.15, 0.2) is 0 Å². The highest BCUT2D eigenvalue weighted by Gasteiger charge is 2.07. The molecule has 0 N–H and O–H groups in total. The number of hydrogen-bond acceptors (Lipinski definition) is 2. The van der Waals surface area contributed by atoms with E-state index in [1.54, 1.807) is 6.92 Å². The highest BCUT2D eigenvalue weighted by atomic mass is 16.1. The Bertz CT molecular complexity index is 145. The van der Waals surface area contributed by atoms with Gasteiger partial charge in [0, 0.05) is 19.5 Å². The Hall–Kier alpha value is -0.370. The van der Waals surface area contributed by atoms with Gasteiger partial charge in [0.25, 0.3) is 0 Å². The van der Waals surface area contributed by atoms with Gasteiger partial charge < -0.3 is 4.90 Å². The van der Waals surface area contributed by atoms with Crippen molar-refractivity contribution in [2.45, 2.75) is 40.5 Å². The minimum atomic E-state index is 0.294. The summed E-state index contributed by atoms with van der Waals surface area (Å²) in [5, 5.41) is 0. The van der Waals surface area contributed by atoms with Gasteiger partial charge in [0.1, 0.15) is 5.78 Å². The van der Waals surface area contributed by atoms with Gasteiger partial charge in [-0.3, -0.25) is 4.79 Å². The van der Waals surface area contributed by atoms with Crippen LogP contribution in [-0.4, -0.2) is 30.3 Å². The van der Waals surface area contributed by atoms with Crippen LogP contribution in [-0.2, 0) is 4.79 Å². The van der Waals surface area contributed by atoms with E-state index >= 15 is 0 Å². The summed E-state index contributed by atoms with van der Waals surface area (Å²) >= 11 is 0. The van der Waals surface area contributed by atoms with E-state index in [2.05, 4.69) is 25.7 Å². The molecular weight excluding hydrogens is 162 g/mol. The van der Waals surface area contributed by atoms with Crippen LogP contribution in [0.2, 0.25) is 0 Å². The van der Waals surface area contributed by atoms with Crippen molar-refractivity contribution >= 4 is 5.78 Å². The zero-order valence-corrected chi connectivity index (χ0v) is 9.47. The fraction of sp³-hybridized carbons (Fsp3) is 0.909. The average molecular weight is 185 g/mol. The second kappa shape index (κ2) is 7.07. The molecule has 2 heteroatoms. The van der Waals surface area contributed by atoms with E-state index in [0.29, 0.717) is 12.2 Å². The Morgan fingerprint density at radius 2 is 2.00 bits per heavy atom. The molecule has 1 atom stereocenters. The normalized spacial score (nSPS) is 13.3. The first-order chi connectivity index (χ1) is 6.10. The molecule has 0 aliphatic heterocycles. The zero-order chi connectivity index (χ0) is 10.3. The molecule has 0 aromatic heterocycles. The number of carbonyl (C=O) groups excluding carboxylic acids is 1. The molecular formula is C11H23NO. The van der Waals surface area contributed by atoms with Gasteiger partial charge in [0.2, 0.25) is 0 Å². The number of carbonyl (C=O) groups is 1. The number of rotatable bonds is 7. The molecule has 13 heavy (non-hydrogen) atoms. The Labute approximate surface area is 82.3 Å². The van der Waals surface area contributed by atoms with Gasteiger partial charge in [-0.15, -0.1) is 0 Å². The topological polar surface area (TPSA) is 20.3 Å². The Balaban J connectivity index is 3.68. The summed E-state index contributed by atoms with van der Waals surface area (Å²) in [6.45, 7) is 11.4. The summed E-state index contributed by atoms with van der Waals surface area (Å²) in [6.07, 6.45) is 1.92. The third kappa shape index (κ3) is 6.76. The van der Waals surface area contributed by atoms with Crippen molar-refractivity contribution in [3.8, 4) is 0 Å². The van der Waals surface area contributed by atoms with Crippen LogP contribution in [0, 0.1) is 5.92 Å². The van der Waals surface area contributed by atoms with Crippen LogP contribution in [0.15, 0.2) is 0 Å². The molecule has 0 heterocycles. The fourth-order valence-electron chi connectivity index (χ4n) is 1.26. The summed E-state index contributed by atoms with van der Waals surface area (Å²) in [5.41, 5.74) is 0. The van der Waals surface area contributed by atoms with E-state index in [1.807, 2.05) is 0 Å².